The summed E-state index contributed by atoms with van der Waals surface area (Å²) in [6, 6.07) is 9.76. The lowest BCUT2D eigenvalue weighted by atomic mass is 10.2. The molecule has 0 aliphatic carbocycles. The van der Waals surface area contributed by atoms with Gasteiger partial charge < -0.3 is 15.5 Å². The van der Waals surface area contributed by atoms with E-state index < -0.39 is 0 Å². The topological polar surface area (TPSA) is 51.2 Å². The van der Waals surface area contributed by atoms with Crippen LogP contribution in [0.4, 0.5) is 11.4 Å². The van der Waals surface area contributed by atoms with Crippen LogP contribution in [0, 0.1) is 6.92 Å². The third-order valence-corrected chi connectivity index (χ3v) is 2.24. The van der Waals surface area contributed by atoms with E-state index in [1.165, 1.54) is 0 Å². The van der Waals surface area contributed by atoms with Gasteiger partial charge in [0.15, 0.2) is 0 Å². The number of hydrogen-bond donors (Lipinski definition) is 2. The van der Waals surface area contributed by atoms with Gasteiger partial charge in [-0.2, -0.15) is 0 Å². The van der Waals surface area contributed by atoms with Crippen LogP contribution in [0.25, 0.3) is 0 Å². The molecule has 0 aliphatic heterocycles. The lowest BCUT2D eigenvalue weighted by Crippen LogP contribution is -2.01. The van der Waals surface area contributed by atoms with Crippen LogP contribution in [0.3, 0.4) is 0 Å². The molecule has 0 saturated carbocycles. The van der Waals surface area contributed by atoms with Crippen LogP contribution in [0.1, 0.15) is 11.3 Å². The predicted molar refractivity (Wildman–Crippen MR) is 61.6 cm³/mol. The maximum atomic E-state index is 5.87. The Morgan fingerprint density at radius 1 is 1.33 bits per heavy atom. The highest BCUT2D eigenvalue weighted by molar-refractivity contribution is 5.66. The van der Waals surface area contributed by atoms with Crippen molar-refractivity contribution in [3.05, 3.63) is 47.9 Å². The third-order valence-electron chi connectivity index (χ3n) is 2.24. The van der Waals surface area contributed by atoms with Crippen molar-refractivity contribution in [3.63, 3.8) is 0 Å². The van der Waals surface area contributed by atoms with Gasteiger partial charge >= 0.3 is 0 Å². The average Bonchev–Trinajstić information content (AvgIpc) is 2.69. The molecule has 3 nitrogen and oxygen atoms in total. The Kier molecular flexibility index (Phi) is 2.63. The lowest BCUT2D eigenvalue weighted by molar-refractivity contribution is 0.518. The molecular formula is C12H14N2O. The maximum Gasteiger partial charge on any atom is 0.122 e. The van der Waals surface area contributed by atoms with Gasteiger partial charge in [0, 0.05) is 0 Å². The van der Waals surface area contributed by atoms with Crippen molar-refractivity contribution < 1.29 is 4.42 Å². The standard InChI is InChI=1S/C12H14N2O/c1-9-4-5-12(11(13)7-9)14-8-10-3-2-6-15-10/h2-7,14H,8,13H2,1H3. The van der Waals surface area contributed by atoms with Crippen LogP contribution in [0.5, 0.6) is 0 Å². The van der Waals surface area contributed by atoms with Gasteiger partial charge in [-0.1, -0.05) is 6.07 Å². The Morgan fingerprint density at radius 2 is 2.20 bits per heavy atom. The summed E-state index contributed by atoms with van der Waals surface area (Å²) in [5, 5.41) is 3.22. The van der Waals surface area contributed by atoms with E-state index in [2.05, 4.69) is 5.32 Å². The zero-order valence-electron chi connectivity index (χ0n) is 8.66. The fraction of sp³-hybridized carbons (Fsp3) is 0.167. The first-order valence-corrected chi connectivity index (χ1v) is 4.88. The quantitative estimate of drug-likeness (QED) is 0.752. The fourth-order valence-electron chi connectivity index (χ4n) is 1.44. The summed E-state index contributed by atoms with van der Waals surface area (Å²) in [4.78, 5) is 0. The van der Waals surface area contributed by atoms with Crippen LogP contribution < -0.4 is 11.1 Å². The smallest absolute Gasteiger partial charge is 0.122 e. The number of furan rings is 1. The molecule has 0 fully saturated rings. The molecule has 0 radical (unpaired) electrons. The van der Waals surface area contributed by atoms with Crippen molar-refractivity contribution >= 4 is 11.4 Å². The minimum atomic E-state index is 0.653. The molecule has 78 valence electrons. The summed E-state index contributed by atoms with van der Waals surface area (Å²) >= 11 is 0. The van der Waals surface area contributed by atoms with Gasteiger partial charge in [-0.15, -0.1) is 0 Å². The highest BCUT2D eigenvalue weighted by Crippen LogP contribution is 2.20. The Hall–Kier alpha value is -1.90. The van der Waals surface area contributed by atoms with Crippen molar-refractivity contribution in [2.75, 3.05) is 11.1 Å². The van der Waals surface area contributed by atoms with Gasteiger partial charge in [-0.05, 0) is 36.8 Å². The summed E-state index contributed by atoms with van der Waals surface area (Å²) in [5.41, 5.74) is 8.74. The maximum absolute atomic E-state index is 5.87. The molecule has 1 aromatic heterocycles. The summed E-state index contributed by atoms with van der Waals surface area (Å²) in [6.45, 7) is 2.67. The third kappa shape index (κ3) is 2.31. The number of aryl methyl sites for hydroxylation is 1. The van der Waals surface area contributed by atoms with E-state index in [9.17, 15) is 0 Å². The Labute approximate surface area is 88.9 Å². The Balaban J connectivity index is 2.05. The van der Waals surface area contributed by atoms with Gasteiger partial charge in [0.05, 0.1) is 24.2 Å². The van der Waals surface area contributed by atoms with E-state index in [0.717, 1.165) is 22.7 Å². The lowest BCUT2D eigenvalue weighted by Gasteiger charge is -2.08. The molecule has 3 heteroatoms. The fourth-order valence-corrected chi connectivity index (χ4v) is 1.44. The van der Waals surface area contributed by atoms with Gasteiger partial charge in [0.2, 0.25) is 0 Å². The van der Waals surface area contributed by atoms with Crippen LogP contribution in [-0.4, -0.2) is 0 Å². The normalized spacial score (nSPS) is 10.2. The zero-order valence-corrected chi connectivity index (χ0v) is 8.66. The van der Waals surface area contributed by atoms with Crippen molar-refractivity contribution in [1.29, 1.82) is 0 Å². The molecule has 0 bridgehead atoms. The van der Waals surface area contributed by atoms with Crippen LogP contribution in [-0.2, 0) is 6.54 Å². The van der Waals surface area contributed by atoms with Gasteiger partial charge in [-0.3, -0.25) is 0 Å². The zero-order chi connectivity index (χ0) is 10.7. The summed E-state index contributed by atoms with van der Waals surface area (Å²) in [5.74, 6) is 0.898. The van der Waals surface area contributed by atoms with Gasteiger partial charge in [0.25, 0.3) is 0 Å². The molecule has 0 spiro atoms. The number of nitrogens with two attached hydrogens (primary N) is 1. The highest BCUT2D eigenvalue weighted by Gasteiger charge is 1.99. The largest absolute Gasteiger partial charge is 0.467 e. The minimum Gasteiger partial charge on any atom is -0.467 e. The van der Waals surface area contributed by atoms with Crippen LogP contribution in [0.2, 0.25) is 0 Å². The van der Waals surface area contributed by atoms with Crippen molar-refractivity contribution in [1.82, 2.24) is 0 Å². The molecule has 0 unspecified atom stereocenters. The molecular weight excluding hydrogens is 188 g/mol. The number of rotatable bonds is 3. The predicted octanol–water partition coefficient (Wildman–Crippen LogP) is 2.78. The van der Waals surface area contributed by atoms with Gasteiger partial charge in [0.1, 0.15) is 5.76 Å². The first-order valence-electron chi connectivity index (χ1n) is 4.88. The average molecular weight is 202 g/mol. The number of anilines is 2. The second-order valence-corrected chi connectivity index (χ2v) is 3.52. The van der Waals surface area contributed by atoms with Crippen LogP contribution in [0.15, 0.2) is 41.0 Å². The molecule has 2 aromatic rings. The molecule has 0 amide bonds. The first-order chi connectivity index (χ1) is 7.25. The van der Waals surface area contributed by atoms with Crippen molar-refractivity contribution in [2.24, 2.45) is 0 Å². The number of benzene rings is 1. The molecule has 0 aliphatic rings. The van der Waals surface area contributed by atoms with E-state index in [1.54, 1.807) is 6.26 Å². The van der Waals surface area contributed by atoms with E-state index in [-0.39, 0.29) is 0 Å². The molecule has 0 atom stereocenters. The monoisotopic (exact) mass is 202 g/mol. The second kappa shape index (κ2) is 4.09. The van der Waals surface area contributed by atoms with Crippen LogP contribution >= 0.6 is 0 Å². The van der Waals surface area contributed by atoms with E-state index in [4.69, 9.17) is 10.2 Å². The summed E-state index contributed by atoms with van der Waals surface area (Å²) in [7, 11) is 0. The summed E-state index contributed by atoms with van der Waals surface area (Å²) in [6.07, 6.45) is 1.66. The molecule has 0 saturated heterocycles. The molecule has 1 aromatic carbocycles. The summed E-state index contributed by atoms with van der Waals surface area (Å²) < 4.78 is 5.22. The van der Waals surface area contributed by atoms with E-state index >= 15 is 0 Å². The SMILES string of the molecule is Cc1ccc(NCc2ccco2)c(N)c1. The molecule has 1 heterocycles. The number of nitrogens with one attached hydrogen (secondary N) is 1. The Bertz CT molecular complexity index is 435. The first kappa shape index (κ1) is 9.65. The van der Waals surface area contributed by atoms with Crippen molar-refractivity contribution in [2.45, 2.75) is 13.5 Å². The Morgan fingerprint density at radius 3 is 2.87 bits per heavy atom. The van der Waals surface area contributed by atoms with Gasteiger partial charge in [-0.25, -0.2) is 0 Å². The highest BCUT2D eigenvalue weighted by atomic mass is 16.3. The number of hydrogen-bond acceptors (Lipinski definition) is 3. The van der Waals surface area contributed by atoms with Crippen molar-refractivity contribution in [3.8, 4) is 0 Å². The molecule has 15 heavy (non-hydrogen) atoms. The number of nitrogen functional groups attached to an aromatic ring is 1. The van der Waals surface area contributed by atoms with E-state index in [1.807, 2.05) is 37.3 Å². The van der Waals surface area contributed by atoms with E-state index in [0.29, 0.717) is 6.54 Å². The second-order valence-electron chi connectivity index (χ2n) is 3.52. The minimum absolute atomic E-state index is 0.653. The molecule has 2 rings (SSSR count). The molecule has 3 N–H and O–H groups in total.